The molecule has 96 valence electrons. The third-order valence-corrected chi connectivity index (χ3v) is 3.81. The van der Waals surface area contributed by atoms with Gasteiger partial charge in [0.05, 0.1) is 0 Å². The summed E-state index contributed by atoms with van der Waals surface area (Å²) in [5, 5.41) is 15.4. The second kappa shape index (κ2) is 4.85. The van der Waals surface area contributed by atoms with Gasteiger partial charge in [-0.1, -0.05) is 29.4 Å². The summed E-state index contributed by atoms with van der Waals surface area (Å²) in [5.41, 5.74) is 2.37. The lowest BCUT2D eigenvalue weighted by Crippen LogP contribution is -1.93. The fourth-order valence-corrected chi connectivity index (χ4v) is 2.56. The normalized spacial score (nSPS) is 10.8. The molecular formula is C14H12N2O2S. The molecule has 0 bridgehead atoms. The molecule has 1 aromatic carbocycles. The number of aryl methyl sites for hydroxylation is 1. The van der Waals surface area contributed by atoms with Gasteiger partial charge in [0, 0.05) is 6.42 Å². The number of thiophene rings is 1. The molecule has 0 spiro atoms. The maximum Gasteiger partial charge on any atom is 0.271 e. The zero-order valence-corrected chi connectivity index (χ0v) is 11.1. The van der Waals surface area contributed by atoms with Crippen molar-refractivity contribution in [3.05, 3.63) is 52.7 Å². The summed E-state index contributed by atoms with van der Waals surface area (Å²) in [7, 11) is 0. The number of aromatic nitrogens is 2. The number of aromatic hydroxyl groups is 1. The van der Waals surface area contributed by atoms with E-state index in [1.54, 1.807) is 11.4 Å². The van der Waals surface area contributed by atoms with Gasteiger partial charge in [0.25, 0.3) is 5.89 Å². The molecule has 0 aliphatic rings. The highest BCUT2D eigenvalue weighted by molar-refractivity contribution is 7.13. The predicted octanol–water partition coefficient (Wildman–Crippen LogP) is 3.40. The highest BCUT2D eigenvalue weighted by atomic mass is 32.1. The van der Waals surface area contributed by atoms with E-state index in [0.29, 0.717) is 23.0 Å². The molecule has 0 amide bonds. The van der Waals surface area contributed by atoms with E-state index in [1.165, 1.54) is 22.5 Å². The van der Waals surface area contributed by atoms with Crippen molar-refractivity contribution in [2.75, 3.05) is 0 Å². The van der Waals surface area contributed by atoms with Crippen LogP contribution in [0.15, 0.2) is 40.2 Å². The molecule has 2 heterocycles. The topological polar surface area (TPSA) is 59.2 Å². The van der Waals surface area contributed by atoms with E-state index in [9.17, 15) is 5.11 Å². The largest absolute Gasteiger partial charge is 0.506 e. The average molecular weight is 272 g/mol. The Balaban J connectivity index is 1.87. The average Bonchev–Trinajstić information content (AvgIpc) is 3.01. The van der Waals surface area contributed by atoms with E-state index in [2.05, 4.69) is 23.1 Å². The minimum absolute atomic E-state index is 0.177. The Labute approximate surface area is 114 Å². The van der Waals surface area contributed by atoms with Gasteiger partial charge in [-0.3, -0.25) is 0 Å². The number of hydrogen-bond acceptors (Lipinski definition) is 5. The molecular weight excluding hydrogens is 260 g/mol. The number of rotatable bonds is 3. The Bertz CT molecular complexity index is 703. The molecule has 3 aromatic rings. The first-order valence-electron chi connectivity index (χ1n) is 5.88. The molecule has 2 aromatic heterocycles. The number of hydrogen-bond donors (Lipinski definition) is 1. The van der Waals surface area contributed by atoms with E-state index in [1.807, 2.05) is 18.2 Å². The Hall–Kier alpha value is -2.14. The molecule has 0 atom stereocenters. The summed E-state index contributed by atoms with van der Waals surface area (Å²) in [6.45, 7) is 2.06. The summed E-state index contributed by atoms with van der Waals surface area (Å²) < 4.78 is 5.19. The first kappa shape index (κ1) is 11.9. The molecule has 19 heavy (non-hydrogen) atoms. The molecule has 0 saturated carbocycles. The van der Waals surface area contributed by atoms with Crippen molar-refractivity contribution in [2.24, 2.45) is 0 Å². The lowest BCUT2D eigenvalue weighted by atomic mass is 10.1. The van der Waals surface area contributed by atoms with Gasteiger partial charge in [-0.15, -0.1) is 11.3 Å². The van der Waals surface area contributed by atoms with E-state index in [0.717, 1.165) is 0 Å². The van der Waals surface area contributed by atoms with Crippen molar-refractivity contribution in [1.29, 1.82) is 0 Å². The molecule has 5 heteroatoms. The van der Waals surface area contributed by atoms with Crippen LogP contribution < -0.4 is 0 Å². The predicted molar refractivity (Wildman–Crippen MR) is 73.3 cm³/mol. The fraction of sp³-hybridized carbons (Fsp3) is 0.143. The van der Waals surface area contributed by atoms with Crippen LogP contribution in [0.2, 0.25) is 0 Å². The maximum absolute atomic E-state index is 9.63. The van der Waals surface area contributed by atoms with Gasteiger partial charge in [0.2, 0.25) is 0 Å². The van der Waals surface area contributed by atoms with Crippen LogP contribution in [0.3, 0.4) is 0 Å². The summed E-state index contributed by atoms with van der Waals surface area (Å²) in [4.78, 5) is 4.94. The summed E-state index contributed by atoms with van der Waals surface area (Å²) >= 11 is 1.38. The van der Waals surface area contributed by atoms with Crippen molar-refractivity contribution in [3.63, 3.8) is 0 Å². The zero-order chi connectivity index (χ0) is 13.2. The second-order valence-corrected chi connectivity index (χ2v) is 5.17. The zero-order valence-electron chi connectivity index (χ0n) is 10.3. The maximum atomic E-state index is 9.63. The monoisotopic (exact) mass is 272 g/mol. The standard InChI is InChI=1S/C14H12N2O2S/c1-9-4-2-3-5-10(9)8-12-15-14(18-16-12)13-11(17)6-7-19-13/h2-7,17H,8H2,1H3. The van der Waals surface area contributed by atoms with Crippen LogP contribution in [0.1, 0.15) is 17.0 Å². The lowest BCUT2D eigenvalue weighted by Gasteiger charge is -2.00. The first-order valence-corrected chi connectivity index (χ1v) is 6.76. The third-order valence-electron chi connectivity index (χ3n) is 2.92. The van der Waals surface area contributed by atoms with E-state index < -0.39 is 0 Å². The van der Waals surface area contributed by atoms with Crippen LogP contribution in [0.4, 0.5) is 0 Å². The second-order valence-electron chi connectivity index (χ2n) is 4.25. The minimum atomic E-state index is 0.177. The van der Waals surface area contributed by atoms with Gasteiger partial charge in [0.1, 0.15) is 10.6 Å². The quantitative estimate of drug-likeness (QED) is 0.793. The van der Waals surface area contributed by atoms with Crippen molar-refractivity contribution in [3.8, 4) is 16.5 Å². The van der Waals surface area contributed by atoms with Crippen LogP contribution in [-0.2, 0) is 6.42 Å². The fourth-order valence-electron chi connectivity index (χ4n) is 1.86. The Morgan fingerprint density at radius 3 is 2.84 bits per heavy atom. The van der Waals surface area contributed by atoms with Crippen LogP contribution >= 0.6 is 11.3 Å². The van der Waals surface area contributed by atoms with Gasteiger partial charge < -0.3 is 9.63 Å². The Morgan fingerprint density at radius 2 is 2.11 bits per heavy atom. The van der Waals surface area contributed by atoms with Crippen LogP contribution in [-0.4, -0.2) is 15.2 Å². The van der Waals surface area contributed by atoms with Crippen LogP contribution in [0.25, 0.3) is 10.8 Å². The molecule has 0 unspecified atom stereocenters. The van der Waals surface area contributed by atoms with E-state index in [4.69, 9.17) is 4.52 Å². The number of benzene rings is 1. The van der Waals surface area contributed by atoms with Gasteiger partial charge in [0.15, 0.2) is 5.82 Å². The lowest BCUT2D eigenvalue weighted by molar-refractivity contribution is 0.420. The molecule has 0 radical (unpaired) electrons. The smallest absolute Gasteiger partial charge is 0.271 e. The number of nitrogens with zero attached hydrogens (tertiary/aromatic N) is 2. The Kier molecular flexibility index (Phi) is 3.05. The third kappa shape index (κ3) is 2.37. The molecule has 1 N–H and O–H groups in total. The molecule has 4 nitrogen and oxygen atoms in total. The van der Waals surface area contributed by atoms with Crippen LogP contribution in [0, 0.1) is 6.92 Å². The van der Waals surface area contributed by atoms with E-state index >= 15 is 0 Å². The van der Waals surface area contributed by atoms with Crippen LogP contribution in [0.5, 0.6) is 5.75 Å². The summed E-state index contributed by atoms with van der Waals surface area (Å²) in [6, 6.07) is 9.72. The molecule has 0 aliphatic heterocycles. The minimum Gasteiger partial charge on any atom is -0.506 e. The Morgan fingerprint density at radius 1 is 1.26 bits per heavy atom. The van der Waals surface area contributed by atoms with Crippen molar-refractivity contribution in [1.82, 2.24) is 10.1 Å². The highest BCUT2D eigenvalue weighted by Crippen LogP contribution is 2.33. The van der Waals surface area contributed by atoms with Gasteiger partial charge in [-0.05, 0) is 29.5 Å². The molecule has 0 fully saturated rings. The first-order chi connectivity index (χ1) is 9.24. The van der Waals surface area contributed by atoms with Gasteiger partial charge in [-0.25, -0.2) is 0 Å². The molecule has 3 rings (SSSR count). The van der Waals surface area contributed by atoms with Crippen molar-refractivity contribution >= 4 is 11.3 Å². The van der Waals surface area contributed by atoms with Crippen molar-refractivity contribution < 1.29 is 9.63 Å². The summed E-state index contributed by atoms with van der Waals surface area (Å²) in [6.07, 6.45) is 0.627. The molecule has 0 saturated heterocycles. The van der Waals surface area contributed by atoms with Crippen molar-refractivity contribution in [2.45, 2.75) is 13.3 Å². The summed E-state index contributed by atoms with van der Waals surface area (Å²) in [5.74, 6) is 1.17. The van der Waals surface area contributed by atoms with Gasteiger partial charge >= 0.3 is 0 Å². The SMILES string of the molecule is Cc1ccccc1Cc1noc(-c2sccc2O)n1. The highest BCUT2D eigenvalue weighted by Gasteiger charge is 2.14. The van der Waals surface area contributed by atoms with E-state index in [-0.39, 0.29) is 5.75 Å². The van der Waals surface area contributed by atoms with Gasteiger partial charge in [-0.2, -0.15) is 4.98 Å². The molecule has 0 aliphatic carbocycles.